The number of rotatable bonds is 5. The number of amides is 1. The summed E-state index contributed by atoms with van der Waals surface area (Å²) in [5, 5.41) is 2.42. The van der Waals surface area contributed by atoms with E-state index in [0.717, 1.165) is 11.4 Å². The van der Waals surface area contributed by atoms with Gasteiger partial charge in [0.1, 0.15) is 5.75 Å². The van der Waals surface area contributed by atoms with Crippen LogP contribution in [0.25, 0.3) is 0 Å². The van der Waals surface area contributed by atoms with Crippen molar-refractivity contribution in [3.05, 3.63) is 54.6 Å². The molecular weight excluding hydrogens is 400 g/mol. The largest absolute Gasteiger partial charge is 0.491 e. The number of hydrogen-bond donors (Lipinski definition) is 1. The predicted octanol–water partition coefficient (Wildman–Crippen LogP) is 3.03. The highest BCUT2D eigenvalue weighted by Crippen LogP contribution is 2.46. The number of nitrogens with zero attached hydrogens (tertiary/aromatic N) is 1. The molecule has 2 heterocycles. The van der Waals surface area contributed by atoms with Crippen LogP contribution in [0.15, 0.2) is 59.5 Å². The van der Waals surface area contributed by atoms with E-state index in [0.29, 0.717) is 25.9 Å². The molecule has 0 aromatic heterocycles. The number of sulfone groups is 1. The SMILES string of the molecule is CC(C)Oc1ccc(N2CCC3(CCNCC3S(=O)(=O)c3ccccc3)C2=O)cc1. The normalized spacial score (nSPS) is 24.6. The minimum atomic E-state index is -3.64. The quantitative estimate of drug-likeness (QED) is 0.792. The van der Waals surface area contributed by atoms with Crippen LogP contribution >= 0.6 is 0 Å². The van der Waals surface area contributed by atoms with Gasteiger partial charge in [0.05, 0.1) is 21.7 Å². The number of anilines is 1. The topological polar surface area (TPSA) is 75.7 Å². The Kier molecular flexibility index (Phi) is 5.59. The van der Waals surface area contributed by atoms with Crippen molar-refractivity contribution in [2.24, 2.45) is 5.41 Å². The molecule has 2 atom stereocenters. The second kappa shape index (κ2) is 8.04. The van der Waals surface area contributed by atoms with Gasteiger partial charge in [-0.25, -0.2) is 8.42 Å². The van der Waals surface area contributed by atoms with Crippen LogP contribution in [0.1, 0.15) is 26.7 Å². The smallest absolute Gasteiger partial charge is 0.234 e. The van der Waals surface area contributed by atoms with Gasteiger partial charge in [-0.05, 0) is 69.6 Å². The summed E-state index contributed by atoms with van der Waals surface area (Å²) in [4.78, 5) is 15.6. The van der Waals surface area contributed by atoms with Crippen LogP contribution in [0.5, 0.6) is 5.75 Å². The van der Waals surface area contributed by atoms with Crippen molar-refractivity contribution in [2.45, 2.75) is 42.9 Å². The minimum absolute atomic E-state index is 0.0752. The lowest BCUT2D eigenvalue weighted by Crippen LogP contribution is -2.56. The van der Waals surface area contributed by atoms with Crippen LogP contribution in [0, 0.1) is 5.41 Å². The third kappa shape index (κ3) is 3.61. The van der Waals surface area contributed by atoms with Gasteiger partial charge in [0, 0.05) is 18.8 Å². The molecule has 160 valence electrons. The fraction of sp³-hybridized carbons (Fsp3) is 0.435. The summed E-state index contributed by atoms with van der Waals surface area (Å²) in [6, 6.07) is 15.9. The van der Waals surface area contributed by atoms with E-state index in [4.69, 9.17) is 4.74 Å². The molecule has 4 rings (SSSR count). The van der Waals surface area contributed by atoms with Crippen molar-refractivity contribution in [3.63, 3.8) is 0 Å². The lowest BCUT2D eigenvalue weighted by atomic mass is 9.77. The van der Waals surface area contributed by atoms with E-state index in [1.54, 1.807) is 35.2 Å². The van der Waals surface area contributed by atoms with Gasteiger partial charge in [-0.15, -0.1) is 0 Å². The van der Waals surface area contributed by atoms with E-state index in [9.17, 15) is 13.2 Å². The molecular formula is C23H28N2O4S. The van der Waals surface area contributed by atoms with Crippen molar-refractivity contribution < 1.29 is 17.9 Å². The fourth-order valence-electron chi connectivity index (χ4n) is 4.62. The number of ether oxygens (including phenoxy) is 1. The van der Waals surface area contributed by atoms with Crippen LogP contribution in [0.4, 0.5) is 5.69 Å². The Balaban J connectivity index is 1.64. The molecule has 6 nitrogen and oxygen atoms in total. The second-order valence-electron chi connectivity index (χ2n) is 8.32. The summed E-state index contributed by atoms with van der Waals surface area (Å²) in [6.45, 7) is 5.38. The molecule has 2 aromatic carbocycles. The Labute approximate surface area is 178 Å². The van der Waals surface area contributed by atoms with Gasteiger partial charge in [0.25, 0.3) is 0 Å². The maximum atomic E-state index is 13.6. The zero-order valence-electron chi connectivity index (χ0n) is 17.4. The number of hydrogen-bond acceptors (Lipinski definition) is 5. The zero-order chi connectivity index (χ0) is 21.4. The Morgan fingerprint density at radius 3 is 2.43 bits per heavy atom. The van der Waals surface area contributed by atoms with Crippen LogP contribution in [0.3, 0.4) is 0 Å². The summed E-state index contributed by atoms with van der Waals surface area (Å²) >= 11 is 0. The first-order valence-corrected chi connectivity index (χ1v) is 12.0. The molecule has 1 N–H and O–H groups in total. The first-order chi connectivity index (χ1) is 14.3. The average Bonchev–Trinajstić information content (AvgIpc) is 3.05. The highest BCUT2D eigenvalue weighted by atomic mass is 32.2. The monoisotopic (exact) mass is 428 g/mol. The molecule has 1 amide bonds. The molecule has 0 bridgehead atoms. The van der Waals surface area contributed by atoms with Crippen molar-refractivity contribution in [3.8, 4) is 5.75 Å². The minimum Gasteiger partial charge on any atom is -0.491 e. The van der Waals surface area contributed by atoms with E-state index in [-0.39, 0.29) is 23.5 Å². The zero-order valence-corrected chi connectivity index (χ0v) is 18.2. The molecule has 2 aliphatic heterocycles. The Morgan fingerprint density at radius 1 is 1.07 bits per heavy atom. The van der Waals surface area contributed by atoms with Crippen molar-refractivity contribution in [1.29, 1.82) is 0 Å². The van der Waals surface area contributed by atoms with Crippen molar-refractivity contribution in [2.75, 3.05) is 24.5 Å². The summed E-state index contributed by atoms with van der Waals surface area (Å²) in [6.07, 6.45) is 1.13. The third-order valence-electron chi connectivity index (χ3n) is 6.11. The molecule has 0 saturated carbocycles. The molecule has 2 saturated heterocycles. The van der Waals surface area contributed by atoms with Gasteiger partial charge < -0.3 is 15.0 Å². The molecule has 2 aliphatic rings. The molecule has 7 heteroatoms. The first-order valence-electron chi connectivity index (χ1n) is 10.4. The van der Waals surface area contributed by atoms with Crippen LogP contribution in [-0.2, 0) is 14.6 Å². The Morgan fingerprint density at radius 2 is 1.77 bits per heavy atom. The third-order valence-corrected chi connectivity index (χ3v) is 8.41. The van der Waals surface area contributed by atoms with Crippen LogP contribution in [-0.4, -0.2) is 45.3 Å². The van der Waals surface area contributed by atoms with E-state index >= 15 is 0 Å². The number of carbonyl (C=O) groups excluding carboxylic acids is 1. The first kappa shape index (κ1) is 20.9. The van der Waals surface area contributed by atoms with Gasteiger partial charge in [-0.1, -0.05) is 18.2 Å². The molecule has 2 aromatic rings. The molecule has 1 spiro atoms. The second-order valence-corrected chi connectivity index (χ2v) is 10.5. The van der Waals surface area contributed by atoms with E-state index in [1.165, 1.54) is 0 Å². The van der Waals surface area contributed by atoms with E-state index in [2.05, 4.69) is 5.32 Å². The van der Waals surface area contributed by atoms with Gasteiger partial charge in [0.15, 0.2) is 9.84 Å². The Hall–Kier alpha value is -2.38. The van der Waals surface area contributed by atoms with Crippen LogP contribution < -0.4 is 15.0 Å². The lowest BCUT2D eigenvalue weighted by molar-refractivity contribution is -0.126. The number of carbonyl (C=O) groups is 1. The van der Waals surface area contributed by atoms with Crippen LogP contribution in [0.2, 0.25) is 0 Å². The summed E-state index contributed by atoms with van der Waals surface area (Å²) in [5.41, 5.74) is -0.116. The fourth-order valence-corrected chi connectivity index (χ4v) is 6.76. The highest BCUT2D eigenvalue weighted by molar-refractivity contribution is 7.92. The van der Waals surface area contributed by atoms with Gasteiger partial charge in [-0.3, -0.25) is 4.79 Å². The van der Waals surface area contributed by atoms with E-state index < -0.39 is 20.5 Å². The highest BCUT2D eigenvalue weighted by Gasteiger charge is 2.57. The summed E-state index contributed by atoms with van der Waals surface area (Å²) < 4.78 is 32.6. The molecule has 0 radical (unpaired) electrons. The molecule has 2 fully saturated rings. The maximum absolute atomic E-state index is 13.6. The van der Waals surface area contributed by atoms with Gasteiger partial charge >= 0.3 is 0 Å². The lowest BCUT2D eigenvalue weighted by Gasteiger charge is -2.39. The molecule has 2 unspecified atom stereocenters. The summed E-state index contributed by atoms with van der Waals surface area (Å²) in [5.74, 6) is 0.660. The van der Waals surface area contributed by atoms with E-state index in [1.807, 2.05) is 38.1 Å². The average molecular weight is 429 g/mol. The summed E-state index contributed by atoms with van der Waals surface area (Å²) in [7, 11) is -3.64. The number of benzene rings is 2. The number of nitrogens with one attached hydrogen (secondary N) is 1. The maximum Gasteiger partial charge on any atom is 0.234 e. The molecule has 30 heavy (non-hydrogen) atoms. The van der Waals surface area contributed by atoms with Gasteiger partial charge in [-0.2, -0.15) is 0 Å². The van der Waals surface area contributed by atoms with Crippen molar-refractivity contribution >= 4 is 21.4 Å². The standard InChI is InChI=1S/C23H28N2O4S/c1-17(2)29-19-10-8-18(9-11-19)25-15-13-23(22(25)26)12-14-24-16-21(23)30(27,28)20-6-4-3-5-7-20/h3-11,17,21,24H,12-16H2,1-2H3. The predicted molar refractivity (Wildman–Crippen MR) is 117 cm³/mol. The Bertz CT molecular complexity index is 1010. The van der Waals surface area contributed by atoms with Crippen molar-refractivity contribution in [1.82, 2.24) is 5.32 Å². The van der Waals surface area contributed by atoms with Gasteiger partial charge in [0.2, 0.25) is 5.91 Å². The number of piperidine rings is 1. The molecule has 0 aliphatic carbocycles.